The molecule has 0 fully saturated rings. The summed E-state index contributed by atoms with van der Waals surface area (Å²) in [4.78, 5) is 10.1. The molecule has 0 aliphatic rings. The van der Waals surface area contributed by atoms with E-state index in [-0.39, 0.29) is 0 Å². The first-order chi connectivity index (χ1) is 6.17. The average Bonchev–Trinajstić information content (AvgIpc) is 2.16. The zero-order chi connectivity index (χ0) is 9.73. The zero-order valence-corrected chi connectivity index (χ0v) is 7.47. The first-order valence-electron chi connectivity index (χ1n) is 4.08. The third-order valence-corrected chi connectivity index (χ3v) is 1.86. The molecule has 1 N–H and O–H groups in total. The lowest BCUT2D eigenvalue weighted by Gasteiger charge is -2.18. The minimum atomic E-state index is -1.07. The molecule has 68 valence electrons. The van der Waals surface area contributed by atoms with E-state index < -0.39 is 5.60 Å². The van der Waals surface area contributed by atoms with Gasteiger partial charge >= 0.3 is 0 Å². The van der Waals surface area contributed by atoms with E-state index in [0.717, 1.165) is 5.56 Å². The van der Waals surface area contributed by atoms with Crippen molar-refractivity contribution in [2.24, 2.45) is 0 Å². The molecule has 0 saturated heterocycles. The highest BCUT2D eigenvalue weighted by atomic mass is 16.3. The second-order valence-electron chi connectivity index (χ2n) is 3.01. The van der Waals surface area contributed by atoms with E-state index in [2.05, 4.69) is 0 Å². The van der Waals surface area contributed by atoms with Crippen LogP contribution in [0.25, 0.3) is 0 Å². The number of carbonyl (C=O) groups is 1. The summed E-state index contributed by atoms with van der Waals surface area (Å²) >= 11 is 0. The molecule has 2 heteroatoms. The number of benzene rings is 1. The minimum Gasteiger partial charge on any atom is -0.381 e. The summed E-state index contributed by atoms with van der Waals surface area (Å²) in [5.41, 5.74) is -0.296. The van der Waals surface area contributed by atoms with Gasteiger partial charge in [-0.2, -0.15) is 0 Å². The van der Waals surface area contributed by atoms with Gasteiger partial charge < -0.3 is 5.11 Å². The Hall–Kier alpha value is -1.41. The number of hydrogen-bond acceptors (Lipinski definition) is 2. The Morgan fingerprint density at radius 1 is 1.31 bits per heavy atom. The fraction of sp³-hybridized carbons (Fsp3) is 0.182. The average molecular weight is 176 g/mol. The predicted molar refractivity (Wildman–Crippen MR) is 51.2 cm³/mol. The van der Waals surface area contributed by atoms with Crippen LogP contribution >= 0.6 is 0 Å². The molecule has 2 nitrogen and oxygen atoms in total. The van der Waals surface area contributed by atoms with Crippen molar-refractivity contribution in [3.63, 3.8) is 0 Å². The quantitative estimate of drug-likeness (QED) is 0.561. The van der Waals surface area contributed by atoms with Gasteiger partial charge in [0.05, 0.1) is 0 Å². The number of aliphatic hydroxyl groups is 1. The first kappa shape index (κ1) is 9.68. The van der Waals surface area contributed by atoms with Gasteiger partial charge in [0.25, 0.3) is 0 Å². The molecule has 0 amide bonds. The number of rotatable bonds is 3. The van der Waals surface area contributed by atoms with Crippen molar-refractivity contribution in [3.05, 3.63) is 48.0 Å². The highest BCUT2D eigenvalue weighted by molar-refractivity contribution is 5.65. The fourth-order valence-corrected chi connectivity index (χ4v) is 1.10. The van der Waals surface area contributed by atoms with Crippen LogP contribution in [0, 0.1) is 0 Å². The Kier molecular flexibility index (Phi) is 2.98. The lowest BCUT2D eigenvalue weighted by atomic mass is 9.96. The second kappa shape index (κ2) is 4.01. The van der Waals surface area contributed by atoms with E-state index in [9.17, 15) is 9.90 Å². The molecule has 1 rings (SSSR count). The van der Waals surface area contributed by atoms with Crippen LogP contribution < -0.4 is 0 Å². The Morgan fingerprint density at radius 2 is 1.92 bits per heavy atom. The molecule has 0 spiro atoms. The molecule has 0 aromatic heterocycles. The van der Waals surface area contributed by atoms with E-state index in [1.54, 1.807) is 6.92 Å². The van der Waals surface area contributed by atoms with Gasteiger partial charge in [-0.15, -0.1) is 0 Å². The summed E-state index contributed by atoms with van der Waals surface area (Å²) in [6.45, 7) is 1.64. The molecule has 1 aromatic carbocycles. The van der Waals surface area contributed by atoms with Gasteiger partial charge in [0.2, 0.25) is 0 Å². The molecular formula is C11H12O2. The first-order valence-corrected chi connectivity index (χ1v) is 4.08. The molecule has 13 heavy (non-hydrogen) atoms. The number of aldehydes is 1. The molecule has 1 aromatic rings. The van der Waals surface area contributed by atoms with E-state index >= 15 is 0 Å². The van der Waals surface area contributed by atoms with Gasteiger partial charge in [-0.1, -0.05) is 30.3 Å². The van der Waals surface area contributed by atoms with Crippen molar-refractivity contribution in [1.82, 2.24) is 0 Å². The van der Waals surface area contributed by atoms with Crippen molar-refractivity contribution < 1.29 is 9.90 Å². The summed E-state index contributed by atoms with van der Waals surface area (Å²) in [6, 6.07) is 9.20. The second-order valence-corrected chi connectivity index (χ2v) is 3.01. The van der Waals surface area contributed by atoms with Gasteiger partial charge in [-0.3, -0.25) is 4.79 Å². The number of carbonyl (C=O) groups excluding carboxylic acids is 1. The topological polar surface area (TPSA) is 37.3 Å². The molecule has 0 bridgehead atoms. The number of allylic oxidation sites excluding steroid dienone is 1. The van der Waals surface area contributed by atoms with Crippen molar-refractivity contribution in [2.75, 3.05) is 0 Å². The van der Waals surface area contributed by atoms with Gasteiger partial charge in [-0.05, 0) is 24.6 Å². The van der Waals surface area contributed by atoms with E-state index in [1.165, 1.54) is 12.2 Å². The van der Waals surface area contributed by atoms with Crippen LogP contribution in [0.2, 0.25) is 0 Å². The van der Waals surface area contributed by atoms with Crippen LogP contribution in [-0.2, 0) is 10.4 Å². The Bertz CT molecular complexity index is 299. The SMILES string of the molecule is CC(O)(/C=C/C=O)c1ccccc1. The molecular weight excluding hydrogens is 164 g/mol. The predicted octanol–water partition coefficient (Wildman–Crippen LogP) is 1.65. The van der Waals surface area contributed by atoms with Gasteiger partial charge in [0.15, 0.2) is 0 Å². The van der Waals surface area contributed by atoms with E-state index in [4.69, 9.17) is 0 Å². The summed E-state index contributed by atoms with van der Waals surface area (Å²) in [5.74, 6) is 0. The summed E-state index contributed by atoms with van der Waals surface area (Å²) in [6.07, 6.45) is 3.42. The van der Waals surface area contributed by atoms with Crippen LogP contribution in [0.1, 0.15) is 12.5 Å². The normalized spacial score (nSPS) is 15.5. The van der Waals surface area contributed by atoms with Crippen LogP contribution in [-0.4, -0.2) is 11.4 Å². The maximum atomic E-state index is 10.1. The maximum Gasteiger partial charge on any atom is 0.142 e. The molecule has 0 saturated carbocycles. The molecule has 1 unspecified atom stereocenters. The third-order valence-electron chi connectivity index (χ3n) is 1.86. The monoisotopic (exact) mass is 176 g/mol. The zero-order valence-electron chi connectivity index (χ0n) is 7.47. The Balaban J connectivity index is 2.93. The number of hydrogen-bond donors (Lipinski definition) is 1. The molecule has 0 aliphatic heterocycles. The van der Waals surface area contributed by atoms with Crippen molar-refractivity contribution in [3.8, 4) is 0 Å². The molecule has 0 heterocycles. The standard InChI is InChI=1S/C11H12O2/c1-11(13,8-5-9-12)10-6-3-2-4-7-10/h2-9,13H,1H3/b8-5+. The molecule has 1 atom stereocenters. The van der Waals surface area contributed by atoms with Crippen LogP contribution in [0.15, 0.2) is 42.5 Å². The summed E-state index contributed by atoms with van der Waals surface area (Å²) in [5, 5.41) is 9.87. The minimum absolute atomic E-state index is 0.650. The van der Waals surface area contributed by atoms with Crippen LogP contribution in [0.3, 0.4) is 0 Å². The van der Waals surface area contributed by atoms with Crippen LogP contribution in [0.4, 0.5) is 0 Å². The molecule has 0 aliphatic carbocycles. The lowest BCUT2D eigenvalue weighted by Crippen LogP contribution is -2.17. The van der Waals surface area contributed by atoms with Crippen LogP contribution in [0.5, 0.6) is 0 Å². The molecule has 0 radical (unpaired) electrons. The highest BCUT2D eigenvalue weighted by Gasteiger charge is 2.17. The highest BCUT2D eigenvalue weighted by Crippen LogP contribution is 2.20. The van der Waals surface area contributed by atoms with Gasteiger partial charge in [-0.25, -0.2) is 0 Å². The van der Waals surface area contributed by atoms with Gasteiger partial charge in [0, 0.05) is 0 Å². The summed E-state index contributed by atoms with van der Waals surface area (Å²) < 4.78 is 0. The van der Waals surface area contributed by atoms with E-state index in [1.807, 2.05) is 30.3 Å². The third kappa shape index (κ3) is 2.53. The smallest absolute Gasteiger partial charge is 0.142 e. The fourth-order valence-electron chi connectivity index (χ4n) is 1.10. The van der Waals surface area contributed by atoms with Gasteiger partial charge in [0.1, 0.15) is 11.9 Å². The Labute approximate surface area is 77.5 Å². The van der Waals surface area contributed by atoms with Crippen molar-refractivity contribution >= 4 is 6.29 Å². The largest absolute Gasteiger partial charge is 0.381 e. The van der Waals surface area contributed by atoms with Crippen molar-refractivity contribution in [2.45, 2.75) is 12.5 Å². The van der Waals surface area contributed by atoms with E-state index in [0.29, 0.717) is 6.29 Å². The maximum absolute atomic E-state index is 10.1. The van der Waals surface area contributed by atoms with Crippen molar-refractivity contribution in [1.29, 1.82) is 0 Å². The Morgan fingerprint density at radius 3 is 2.46 bits per heavy atom. The summed E-state index contributed by atoms with van der Waals surface area (Å²) in [7, 11) is 0. The lowest BCUT2D eigenvalue weighted by molar-refractivity contribution is -0.104.